The van der Waals surface area contributed by atoms with Gasteiger partial charge in [0.15, 0.2) is 0 Å². The number of hydrogen-bond donors (Lipinski definition) is 2. The Morgan fingerprint density at radius 3 is 2.71 bits per heavy atom. The number of rotatable bonds is 2. The van der Waals surface area contributed by atoms with Gasteiger partial charge in [0.25, 0.3) is 5.56 Å². The zero-order chi connectivity index (χ0) is 15.1. The maximum atomic E-state index is 12.6. The number of carbonyl (C=O) groups is 2. The number of H-pyrrole nitrogens is 2. The lowest BCUT2D eigenvalue weighted by Crippen LogP contribution is -2.41. The molecule has 3 heterocycles. The Morgan fingerprint density at radius 2 is 2.05 bits per heavy atom. The number of carbonyl (C=O) groups excluding carboxylic acids is 2. The van der Waals surface area contributed by atoms with Crippen LogP contribution in [0.25, 0.3) is 0 Å². The van der Waals surface area contributed by atoms with Gasteiger partial charge in [-0.2, -0.15) is 0 Å². The van der Waals surface area contributed by atoms with Gasteiger partial charge < -0.3 is 14.9 Å². The van der Waals surface area contributed by atoms with Crippen molar-refractivity contribution in [2.24, 2.45) is 5.92 Å². The van der Waals surface area contributed by atoms with Gasteiger partial charge in [-0.1, -0.05) is 0 Å². The van der Waals surface area contributed by atoms with Gasteiger partial charge in [-0.05, 0) is 20.3 Å². The molecule has 0 saturated carbocycles. The first-order valence-corrected chi connectivity index (χ1v) is 7.34. The zero-order valence-corrected chi connectivity index (χ0v) is 12.3. The van der Waals surface area contributed by atoms with E-state index < -0.39 is 0 Å². The van der Waals surface area contributed by atoms with Crippen molar-refractivity contribution < 1.29 is 9.59 Å². The molecule has 1 aromatic rings. The fourth-order valence-corrected chi connectivity index (χ4v) is 3.18. The molecule has 0 radical (unpaired) electrons. The van der Waals surface area contributed by atoms with Gasteiger partial charge >= 0.3 is 0 Å². The van der Waals surface area contributed by atoms with Crippen LogP contribution in [0, 0.1) is 5.92 Å². The van der Waals surface area contributed by atoms with Crippen molar-refractivity contribution in [1.29, 1.82) is 0 Å². The third kappa shape index (κ3) is 2.36. The van der Waals surface area contributed by atoms with Gasteiger partial charge in [-0.3, -0.25) is 19.5 Å². The van der Waals surface area contributed by atoms with E-state index in [1.165, 1.54) is 0 Å². The Labute approximate surface area is 122 Å². The molecule has 7 heteroatoms. The summed E-state index contributed by atoms with van der Waals surface area (Å²) in [5.74, 6) is -0.192. The first kappa shape index (κ1) is 13.9. The van der Waals surface area contributed by atoms with Crippen LogP contribution in [0.2, 0.25) is 0 Å². The summed E-state index contributed by atoms with van der Waals surface area (Å²) in [4.78, 5) is 39.5. The SMILES string of the molecule is CC(C)N1CC(C(=O)N2CCc3c([nH][nH]c3=O)C2)CC1=O. The highest BCUT2D eigenvalue weighted by Gasteiger charge is 2.38. The number of fused-ring (bicyclic) bond motifs is 1. The molecule has 2 aliphatic rings. The number of aromatic nitrogens is 2. The predicted octanol–water partition coefficient (Wildman–Crippen LogP) is -0.155. The Balaban J connectivity index is 1.70. The van der Waals surface area contributed by atoms with Crippen molar-refractivity contribution in [1.82, 2.24) is 20.0 Å². The number of hydrogen-bond acceptors (Lipinski definition) is 3. The molecule has 2 N–H and O–H groups in total. The molecule has 1 fully saturated rings. The summed E-state index contributed by atoms with van der Waals surface area (Å²) in [6.07, 6.45) is 0.860. The monoisotopic (exact) mass is 292 g/mol. The van der Waals surface area contributed by atoms with Crippen LogP contribution in [-0.2, 0) is 22.6 Å². The van der Waals surface area contributed by atoms with Crippen LogP contribution in [0.3, 0.4) is 0 Å². The Morgan fingerprint density at radius 1 is 1.29 bits per heavy atom. The van der Waals surface area contributed by atoms with E-state index in [0.717, 1.165) is 11.3 Å². The smallest absolute Gasteiger partial charge is 0.267 e. The minimum atomic E-state index is -0.257. The number of aromatic amines is 2. The number of nitrogens with zero attached hydrogens (tertiary/aromatic N) is 2. The van der Waals surface area contributed by atoms with Gasteiger partial charge in [-0.15, -0.1) is 0 Å². The molecule has 0 spiro atoms. The van der Waals surface area contributed by atoms with Crippen LogP contribution < -0.4 is 5.56 Å². The maximum absolute atomic E-state index is 12.6. The van der Waals surface area contributed by atoms with Gasteiger partial charge in [0, 0.05) is 31.1 Å². The molecule has 2 amide bonds. The molecule has 1 unspecified atom stereocenters. The summed E-state index contributed by atoms with van der Waals surface area (Å²) >= 11 is 0. The summed E-state index contributed by atoms with van der Waals surface area (Å²) in [6.45, 7) is 5.38. The maximum Gasteiger partial charge on any atom is 0.267 e. The second-order valence-corrected chi connectivity index (χ2v) is 6.09. The first-order chi connectivity index (χ1) is 9.97. The van der Waals surface area contributed by atoms with E-state index in [9.17, 15) is 14.4 Å². The minimum Gasteiger partial charge on any atom is -0.339 e. The van der Waals surface area contributed by atoms with Crippen LogP contribution in [0.4, 0.5) is 0 Å². The largest absolute Gasteiger partial charge is 0.339 e. The second kappa shape index (κ2) is 5.05. The topological polar surface area (TPSA) is 89.3 Å². The number of nitrogens with one attached hydrogen (secondary N) is 2. The van der Waals surface area contributed by atoms with Crippen molar-refractivity contribution in [3.05, 3.63) is 21.6 Å². The minimum absolute atomic E-state index is 0.0131. The highest BCUT2D eigenvalue weighted by Crippen LogP contribution is 2.24. The summed E-state index contributed by atoms with van der Waals surface area (Å²) in [6, 6.07) is 0.129. The Kier molecular flexibility index (Phi) is 3.35. The Bertz CT molecular complexity index is 630. The lowest BCUT2D eigenvalue weighted by molar-refractivity contribution is -0.136. The van der Waals surface area contributed by atoms with Gasteiger partial charge in [-0.25, -0.2) is 0 Å². The van der Waals surface area contributed by atoms with Crippen molar-refractivity contribution >= 4 is 11.8 Å². The van der Waals surface area contributed by atoms with Crippen LogP contribution in [0.15, 0.2) is 4.79 Å². The molecule has 3 rings (SSSR count). The van der Waals surface area contributed by atoms with Crippen molar-refractivity contribution in [3.8, 4) is 0 Å². The highest BCUT2D eigenvalue weighted by atomic mass is 16.2. The molecule has 7 nitrogen and oxygen atoms in total. The van der Waals surface area contributed by atoms with E-state index in [1.807, 2.05) is 13.8 Å². The van der Waals surface area contributed by atoms with E-state index in [4.69, 9.17) is 0 Å². The standard InChI is InChI=1S/C14H20N4O3/c1-8(2)18-6-9(5-12(18)19)14(21)17-4-3-10-11(7-17)15-16-13(10)20/h8-9H,3-7H2,1-2H3,(H2,15,16,20). The highest BCUT2D eigenvalue weighted by molar-refractivity contribution is 5.89. The molecular weight excluding hydrogens is 272 g/mol. The van der Waals surface area contributed by atoms with E-state index in [0.29, 0.717) is 32.5 Å². The summed E-state index contributed by atoms with van der Waals surface area (Å²) in [7, 11) is 0. The molecule has 114 valence electrons. The Hall–Kier alpha value is -2.05. The molecular formula is C14H20N4O3. The molecule has 1 aromatic heterocycles. The zero-order valence-electron chi connectivity index (χ0n) is 12.3. The first-order valence-electron chi connectivity index (χ1n) is 7.34. The molecule has 0 aliphatic carbocycles. The predicted molar refractivity (Wildman–Crippen MR) is 75.5 cm³/mol. The van der Waals surface area contributed by atoms with Crippen molar-refractivity contribution in [2.45, 2.75) is 39.3 Å². The molecule has 0 bridgehead atoms. The van der Waals surface area contributed by atoms with E-state index in [2.05, 4.69) is 10.2 Å². The van der Waals surface area contributed by atoms with Crippen molar-refractivity contribution in [3.63, 3.8) is 0 Å². The second-order valence-electron chi connectivity index (χ2n) is 6.09. The van der Waals surface area contributed by atoms with Gasteiger partial charge in [0.05, 0.1) is 18.2 Å². The average molecular weight is 292 g/mol. The summed E-state index contributed by atoms with van der Waals surface area (Å²) < 4.78 is 0. The summed E-state index contributed by atoms with van der Waals surface area (Å²) in [5.41, 5.74) is 1.43. The van der Waals surface area contributed by atoms with Gasteiger partial charge in [0.2, 0.25) is 11.8 Å². The fourth-order valence-electron chi connectivity index (χ4n) is 3.18. The number of amides is 2. The van der Waals surface area contributed by atoms with E-state index in [-0.39, 0.29) is 29.3 Å². The van der Waals surface area contributed by atoms with Crippen LogP contribution in [0.1, 0.15) is 31.5 Å². The van der Waals surface area contributed by atoms with E-state index in [1.54, 1.807) is 9.80 Å². The van der Waals surface area contributed by atoms with Gasteiger partial charge in [0.1, 0.15) is 0 Å². The lowest BCUT2D eigenvalue weighted by Gasteiger charge is -2.28. The number of likely N-dealkylation sites (tertiary alicyclic amines) is 1. The van der Waals surface area contributed by atoms with Crippen LogP contribution >= 0.6 is 0 Å². The molecule has 21 heavy (non-hydrogen) atoms. The normalized spacial score (nSPS) is 22.0. The van der Waals surface area contributed by atoms with E-state index >= 15 is 0 Å². The van der Waals surface area contributed by atoms with Crippen LogP contribution in [-0.4, -0.2) is 50.9 Å². The molecule has 1 saturated heterocycles. The molecule has 2 aliphatic heterocycles. The molecule has 0 aromatic carbocycles. The summed E-state index contributed by atoms with van der Waals surface area (Å²) in [5, 5.41) is 5.38. The third-order valence-corrected chi connectivity index (χ3v) is 4.39. The lowest BCUT2D eigenvalue weighted by atomic mass is 10.0. The molecule has 1 atom stereocenters. The van der Waals surface area contributed by atoms with Crippen molar-refractivity contribution in [2.75, 3.05) is 13.1 Å². The quantitative estimate of drug-likeness (QED) is 0.794. The van der Waals surface area contributed by atoms with Crippen LogP contribution in [0.5, 0.6) is 0 Å². The fraction of sp³-hybridized carbons (Fsp3) is 0.643. The third-order valence-electron chi connectivity index (χ3n) is 4.39. The average Bonchev–Trinajstić information content (AvgIpc) is 3.01.